The Bertz CT molecular complexity index is 205. The van der Waals surface area contributed by atoms with E-state index in [1.165, 1.54) is 12.8 Å². The Labute approximate surface area is 67.2 Å². The molecule has 0 aliphatic carbocycles. The van der Waals surface area contributed by atoms with Gasteiger partial charge in [-0.3, -0.25) is 4.68 Å². The lowest BCUT2D eigenvalue weighted by Crippen LogP contribution is -2.01. The molecule has 0 aliphatic rings. The van der Waals surface area contributed by atoms with Crippen molar-refractivity contribution in [1.82, 2.24) is 9.78 Å². The molecule has 0 radical (unpaired) electrons. The molecule has 0 saturated heterocycles. The summed E-state index contributed by atoms with van der Waals surface area (Å²) in [7, 11) is 0. The van der Waals surface area contributed by atoms with Gasteiger partial charge >= 0.3 is 0 Å². The van der Waals surface area contributed by atoms with Gasteiger partial charge in [0.2, 0.25) is 0 Å². The van der Waals surface area contributed by atoms with E-state index in [0.717, 1.165) is 12.2 Å². The predicted octanol–water partition coefficient (Wildman–Crippen LogP) is 1.14. The van der Waals surface area contributed by atoms with Crippen molar-refractivity contribution >= 4 is 0 Å². The highest BCUT2D eigenvalue weighted by Crippen LogP contribution is 1.96. The summed E-state index contributed by atoms with van der Waals surface area (Å²) in [6.45, 7) is 3.73. The van der Waals surface area contributed by atoms with Crippen LogP contribution in [-0.4, -0.2) is 9.78 Å². The first-order valence-corrected chi connectivity index (χ1v) is 4.09. The molecule has 0 saturated carbocycles. The maximum Gasteiger partial charge on any atom is 0.0760 e. The van der Waals surface area contributed by atoms with E-state index in [4.69, 9.17) is 5.73 Å². The molecule has 1 aromatic rings. The molecular weight excluding hydrogens is 138 g/mol. The van der Waals surface area contributed by atoms with E-state index < -0.39 is 0 Å². The van der Waals surface area contributed by atoms with E-state index in [2.05, 4.69) is 12.0 Å². The van der Waals surface area contributed by atoms with Crippen LogP contribution in [0.3, 0.4) is 0 Å². The van der Waals surface area contributed by atoms with Crippen LogP contribution >= 0.6 is 0 Å². The van der Waals surface area contributed by atoms with Gasteiger partial charge in [-0.15, -0.1) is 0 Å². The van der Waals surface area contributed by atoms with Gasteiger partial charge in [0.05, 0.1) is 5.69 Å². The van der Waals surface area contributed by atoms with Crippen molar-refractivity contribution in [2.24, 2.45) is 5.73 Å². The molecule has 0 amide bonds. The highest BCUT2D eigenvalue weighted by atomic mass is 15.3. The van der Waals surface area contributed by atoms with Crippen LogP contribution in [0.1, 0.15) is 25.5 Å². The molecule has 0 fully saturated rings. The van der Waals surface area contributed by atoms with Crippen molar-refractivity contribution in [3.8, 4) is 0 Å². The van der Waals surface area contributed by atoms with E-state index in [-0.39, 0.29) is 0 Å². The van der Waals surface area contributed by atoms with Gasteiger partial charge in [-0.25, -0.2) is 0 Å². The van der Waals surface area contributed by atoms with Crippen LogP contribution in [0.4, 0.5) is 0 Å². The number of hydrogen-bond donors (Lipinski definition) is 1. The number of nitrogens with zero attached hydrogens (tertiary/aromatic N) is 2. The summed E-state index contributed by atoms with van der Waals surface area (Å²) in [5.41, 5.74) is 6.39. The van der Waals surface area contributed by atoms with Crippen molar-refractivity contribution in [1.29, 1.82) is 0 Å². The summed E-state index contributed by atoms with van der Waals surface area (Å²) in [4.78, 5) is 0. The quantitative estimate of drug-likeness (QED) is 0.705. The first kappa shape index (κ1) is 8.27. The van der Waals surface area contributed by atoms with Gasteiger partial charge in [-0.1, -0.05) is 13.3 Å². The summed E-state index contributed by atoms with van der Waals surface area (Å²) in [5.74, 6) is 0. The molecule has 3 heteroatoms. The van der Waals surface area contributed by atoms with Gasteiger partial charge in [-0.05, 0) is 12.5 Å². The molecule has 0 aromatic carbocycles. The fourth-order valence-corrected chi connectivity index (χ4v) is 0.957. The molecule has 1 aromatic heterocycles. The monoisotopic (exact) mass is 153 g/mol. The van der Waals surface area contributed by atoms with Gasteiger partial charge < -0.3 is 5.73 Å². The lowest BCUT2D eigenvalue weighted by atomic mass is 10.3. The van der Waals surface area contributed by atoms with Gasteiger partial charge in [0.15, 0.2) is 0 Å². The molecule has 0 spiro atoms. The number of nitrogens with two attached hydrogens (primary N) is 1. The Kier molecular flexibility index (Phi) is 3.11. The van der Waals surface area contributed by atoms with Gasteiger partial charge in [0.25, 0.3) is 0 Å². The second kappa shape index (κ2) is 4.13. The average molecular weight is 153 g/mol. The Morgan fingerprint density at radius 3 is 3.00 bits per heavy atom. The molecule has 11 heavy (non-hydrogen) atoms. The first-order chi connectivity index (χ1) is 5.36. The lowest BCUT2D eigenvalue weighted by molar-refractivity contribution is 0.565. The zero-order valence-corrected chi connectivity index (χ0v) is 6.95. The molecule has 62 valence electrons. The fourth-order valence-electron chi connectivity index (χ4n) is 0.957. The number of hydrogen-bond acceptors (Lipinski definition) is 2. The second-order valence-corrected chi connectivity index (χ2v) is 2.63. The molecule has 3 nitrogen and oxygen atoms in total. The molecule has 0 unspecified atom stereocenters. The van der Waals surface area contributed by atoms with Crippen LogP contribution in [0.15, 0.2) is 12.3 Å². The Morgan fingerprint density at radius 2 is 2.45 bits per heavy atom. The van der Waals surface area contributed by atoms with Crippen molar-refractivity contribution in [3.05, 3.63) is 18.0 Å². The first-order valence-electron chi connectivity index (χ1n) is 4.09. The summed E-state index contributed by atoms with van der Waals surface area (Å²) in [6.07, 6.45) is 4.38. The van der Waals surface area contributed by atoms with E-state index in [1.807, 2.05) is 16.9 Å². The zero-order chi connectivity index (χ0) is 8.10. The third-order valence-electron chi connectivity index (χ3n) is 1.65. The summed E-state index contributed by atoms with van der Waals surface area (Å²) >= 11 is 0. The van der Waals surface area contributed by atoms with Gasteiger partial charge in [-0.2, -0.15) is 5.10 Å². The molecule has 2 N–H and O–H groups in total. The zero-order valence-electron chi connectivity index (χ0n) is 6.95. The SMILES string of the molecule is CCCCn1ccc(CN)n1. The minimum atomic E-state index is 0.541. The highest BCUT2D eigenvalue weighted by molar-refractivity contribution is 4.97. The third kappa shape index (κ3) is 2.35. The average Bonchev–Trinajstić information content (AvgIpc) is 2.48. The van der Waals surface area contributed by atoms with Crippen LogP contribution in [0.5, 0.6) is 0 Å². The van der Waals surface area contributed by atoms with E-state index in [0.29, 0.717) is 6.54 Å². The molecular formula is C8H15N3. The standard InChI is InChI=1S/C8H15N3/c1-2-3-5-11-6-4-8(7-9)10-11/h4,6H,2-3,5,7,9H2,1H3. The van der Waals surface area contributed by atoms with Crippen molar-refractivity contribution in [2.75, 3.05) is 0 Å². The number of unbranched alkanes of at least 4 members (excludes halogenated alkanes) is 1. The maximum atomic E-state index is 5.42. The van der Waals surface area contributed by atoms with Crippen LogP contribution in [0, 0.1) is 0 Å². The van der Waals surface area contributed by atoms with Crippen molar-refractivity contribution in [3.63, 3.8) is 0 Å². The van der Waals surface area contributed by atoms with E-state index in [1.54, 1.807) is 0 Å². The van der Waals surface area contributed by atoms with Crippen molar-refractivity contribution < 1.29 is 0 Å². The Balaban J connectivity index is 2.44. The van der Waals surface area contributed by atoms with Crippen LogP contribution in [0.25, 0.3) is 0 Å². The number of aromatic nitrogens is 2. The largest absolute Gasteiger partial charge is 0.325 e. The van der Waals surface area contributed by atoms with Crippen molar-refractivity contribution in [2.45, 2.75) is 32.9 Å². The Hall–Kier alpha value is -0.830. The minimum Gasteiger partial charge on any atom is -0.325 e. The topological polar surface area (TPSA) is 43.8 Å². The smallest absolute Gasteiger partial charge is 0.0760 e. The van der Waals surface area contributed by atoms with Crippen LogP contribution in [-0.2, 0) is 13.1 Å². The summed E-state index contributed by atoms with van der Waals surface area (Å²) in [6, 6.07) is 1.97. The lowest BCUT2D eigenvalue weighted by Gasteiger charge is -1.97. The summed E-state index contributed by atoms with van der Waals surface area (Å²) < 4.78 is 1.95. The minimum absolute atomic E-state index is 0.541. The summed E-state index contributed by atoms with van der Waals surface area (Å²) in [5, 5.41) is 4.26. The number of aryl methyl sites for hydroxylation is 1. The second-order valence-electron chi connectivity index (χ2n) is 2.63. The van der Waals surface area contributed by atoms with E-state index in [9.17, 15) is 0 Å². The normalized spacial score (nSPS) is 10.4. The molecule has 0 aliphatic heterocycles. The highest BCUT2D eigenvalue weighted by Gasteiger charge is 1.94. The fraction of sp³-hybridized carbons (Fsp3) is 0.625. The van der Waals surface area contributed by atoms with Crippen LogP contribution in [0.2, 0.25) is 0 Å². The van der Waals surface area contributed by atoms with Gasteiger partial charge in [0.1, 0.15) is 0 Å². The molecule has 0 bridgehead atoms. The maximum absolute atomic E-state index is 5.42. The Morgan fingerprint density at radius 1 is 1.64 bits per heavy atom. The molecule has 1 rings (SSSR count). The van der Waals surface area contributed by atoms with Crippen LogP contribution < -0.4 is 5.73 Å². The van der Waals surface area contributed by atoms with E-state index >= 15 is 0 Å². The predicted molar refractivity (Wildman–Crippen MR) is 45.0 cm³/mol. The molecule has 0 atom stereocenters. The van der Waals surface area contributed by atoms with Gasteiger partial charge in [0, 0.05) is 19.3 Å². The molecule has 1 heterocycles. The number of rotatable bonds is 4. The third-order valence-corrected chi connectivity index (χ3v) is 1.65.